The molecule has 2 aromatic rings. The Hall–Kier alpha value is -2.89. The van der Waals surface area contributed by atoms with Crippen molar-refractivity contribution >= 4 is 12.2 Å². The monoisotopic (exact) mass is 285 g/mol. The molecule has 2 rings (SSSR count). The molecule has 0 fully saturated rings. The summed E-state index contributed by atoms with van der Waals surface area (Å²) in [6, 6.07) is 9.44. The molecule has 6 heteroatoms. The lowest BCUT2D eigenvalue weighted by Gasteiger charge is -2.05. The highest BCUT2D eigenvalue weighted by Gasteiger charge is 2.00. The molecule has 0 aliphatic rings. The van der Waals surface area contributed by atoms with Crippen molar-refractivity contribution in [3.05, 3.63) is 70.4 Å². The van der Waals surface area contributed by atoms with Gasteiger partial charge in [-0.2, -0.15) is 0 Å². The summed E-state index contributed by atoms with van der Waals surface area (Å²) in [6.07, 6.45) is 5.60. The lowest BCUT2D eigenvalue weighted by molar-refractivity contribution is 0.141. The number of hydrogen-bond acceptors (Lipinski definition) is 4. The molecule has 1 heterocycles. The number of nitrogens with zero attached hydrogens (tertiary/aromatic N) is 1. The standard InChI is InChI=1S/C15H15N3O3/c19-14-10-17-13(9-18-14)7-4-8-16-15(20)21-11-12-5-2-1-3-6-12/h1-7,9-10H,8,11H2,(H,16,20)(H,18,19). The minimum atomic E-state index is -0.488. The number of aromatic amines is 1. The van der Waals surface area contributed by atoms with Crippen molar-refractivity contribution in [1.82, 2.24) is 15.3 Å². The molecule has 0 bridgehead atoms. The van der Waals surface area contributed by atoms with Crippen molar-refractivity contribution in [2.24, 2.45) is 0 Å². The van der Waals surface area contributed by atoms with E-state index in [0.717, 1.165) is 5.56 Å². The van der Waals surface area contributed by atoms with Crippen LogP contribution in [0.15, 0.2) is 53.6 Å². The average molecular weight is 285 g/mol. The molecule has 0 aliphatic heterocycles. The molecular formula is C15H15N3O3. The number of carbonyl (C=O) groups is 1. The average Bonchev–Trinajstić information content (AvgIpc) is 2.52. The van der Waals surface area contributed by atoms with Gasteiger partial charge in [0.2, 0.25) is 0 Å². The van der Waals surface area contributed by atoms with Gasteiger partial charge in [0.15, 0.2) is 0 Å². The van der Waals surface area contributed by atoms with E-state index >= 15 is 0 Å². The molecule has 0 saturated carbocycles. The van der Waals surface area contributed by atoms with E-state index in [2.05, 4.69) is 15.3 Å². The van der Waals surface area contributed by atoms with Crippen molar-refractivity contribution in [2.75, 3.05) is 6.54 Å². The third kappa shape index (κ3) is 5.32. The maximum atomic E-state index is 11.4. The van der Waals surface area contributed by atoms with Gasteiger partial charge in [0.05, 0.1) is 11.9 Å². The third-order valence-electron chi connectivity index (χ3n) is 2.56. The number of carbonyl (C=O) groups excluding carboxylic acids is 1. The fourth-order valence-electron chi connectivity index (χ4n) is 1.54. The van der Waals surface area contributed by atoms with Gasteiger partial charge in [-0.25, -0.2) is 9.78 Å². The number of alkyl carbamates (subject to hydrolysis) is 1. The van der Waals surface area contributed by atoms with Gasteiger partial charge in [-0.3, -0.25) is 4.79 Å². The van der Waals surface area contributed by atoms with Crippen molar-refractivity contribution in [1.29, 1.82) is 0 Å². The second-order valence-electron chi connectivity index (χ2n) is 4.18. The van der Waals surface area contributed by atoms with Crippen LogP contribution in [0.1, 0.15) is 11.3 Å². The van der Waals surface area contributed by atoms with Crippen LogP contribution in [0, 0.1) is 0 Å². The highest BCUT2D eigenvalue weighted by atomic mass is 16.5. The van der Waals surface area contributed by atoms with Crippen molar-refractivity contribution < 1.29 is 9.53 Å². The molecule has 0 aliphatic carbocycles. The van der Waals surface area contributed by atoms with Crippen LogP contribution in [0.3, 0.4) is 0 Å². The Bertz CT molecular complexity index is 645. The van der Waals surface area contributed by atoms with Gasteiger partial charge in [0.1, 0.15) is 6.61 Å². The van der Waals surface area contributed by atoms with Crippen LogP contribution in [0.2, 0.25) is 0 Å². The van der Waals surface area contributed by atoms with Crippen molar-refractivity contribution in [3.8, 4) is 0 Å². The topological polar surface area (TPSA) is 84.1 Å². The normalized spacial score (nSPS) is 10.5. The highest BCUT2D eigenvalue weighted by Crippen LogP contribution is 2.00. The number of nitrogens with one attached hydrogen (secondary N) is 2. The third-order valence-corrected chi connectivity index (χ3v) is 2.56. The lowest BCUT2D eigenvalue weighted by atomic mass is 10.2. The van der Waals surface area contributed by atoms with Gasteiger partial charge in [-0.1, -0.05) is 36.4 Å². The molecule has 1 aromatic carbocycles. The van der Waals surface area contributed by atoms with Gasteiger partial charge in [-0.05, 0) is 11.6 Å². The Morgan fingerprint density at radius 1 is 1.33 bits per heavy atom. The van der Waals surface area contributed by atoms with E-state index in [0.29, 0.717) is 12.2 Å². The molecule has 0 atom stereocenters. The van der Waals surface area contributed by atoms with Crippen LogP contribution in [0.4, 0.5) is 4.79 Å². The van der Waals surface area contributed by atoms with Crippen LogP contribution in [-0.4, -0.2) is 22.6 Å². The number of H-pyrrole nitrogens is 1. The number of ether oxygens (including phenoxy) is 1. The number of rotatable bonds is 5. The molecule has 1 aromatic heterocycles. The first-order valence-corrected chi connectivity index (χ1v) is 6.40. The van der Waals surface area contributed by atoms with E-state index in [-0.39, 0.29) is 12.2 Å². The van der Waals surface area contributed by atoms with Crippen LogP contribution in [0.5, 0.6) is 0 Å². The van der Waals surface area contributed by atoms with Crippen molar-refractivity contribution in [3.63, 3.8) is 0 Å². The largest absolute Gasteiger partial charge is 0.445 e. The lowest BCUT2D eigenvalue weighted by Crippen LogP contribution is -2.24. The molecule has 0 spiro atoms. The first-order valence-electron chi connectivity index (χ1n) is 6.40. The SMILES string of the molecule is O=C(NCC=Cc1c[nH]c(=O)cn1)OCc1ccccc1. The second-order valence-corrected chi connectivity index (χ2v) is 4.18. The fourth-order valence-corrected chi connectivity index (χ4v) is 1.54. The van der Waals surface area contributed by atoms with Gasteiger partial charge >= 0.3 is 6.09 Å². The molecule has 1 amide bonds. The zero-order chi connectivity index (χ0) is 14.9. The van der Waals surface area contributed by atoms with E-state index in [1.165, 1.54) is 12.4 Å². The Balaban J connectivity index is 1.69. The number of hydrogen-bond donors (Lipinski definition) is 2. The Morgan fingerprint density at radius 3 is 2.86 bits per heavy atom. The van der Waals surface area contributed by atoms with Gasteiger partial charge < -0.3 is 15.0 Å². The Kier molecular flexibility index (Phi) is 5.28. The van der Waals surface area contributed by atoms with Crippen molar-refractivity contribution in [2.45, 2.75) is 6.61 Å². The summed E-state index contributed by atoms with van der Waals surface area (Å²) in [5.41, 5.74) is 1.28. The quantitative estimate of drug-likeness (QED) is 0.876. The van der Waals surface area contributed by atoms with Crippen LogP contribution in [-0.2, 0) is 11.3 Å². The molecular weight excluding hydrogens is 270 g/mol. The predicted molar refractivity (Wildman–Crippen MR) is 78.5 cm³/mol. The second kappa shape index (κ2) is 7.64. The first-order chi connectivity index (χ1) is 10.2. The molecule has 0 unspecified atom stereocenters. The number of aromatic nitrogens is 2. The molecule has 0 radical (unpaired) electrons. The maximum absolute atomic E-state index is 11.4. The summed E-state index contributed by atoms with van der Waals surface area (Å²) in [6.45, 7) is 0.548. The summed E-state index contributed by atoms with van der Waals surface area (Å²) >= 11 is 0. The fraction of sp³-hybridized carbons (Fsp3) is 0.133. The molecule has 21 heavy (non-hydrogen) atoms. The van der Waals surface area contributed by atoms with Crippen LogP contribution in [0.25, 0.3) is 6.08 Å². The summed E-state index contributed by atoms with van der Waals surface area (Å²) < 4.78 is 5.05. The van der Waals surface area contributed by atoms with Gasteiger partial charge in [-0.15, -0.1) is 0 Å². The molecule has 6 nitrogen and oxygen atoms in total. The summed E-state index contributed by atoms with van der Waals surface area (Å²) in [5.74, 6) is 0. The Morgan fingerprint density at radius 2 is 2.14 bits per heavy atom. The van der Waals surface area contributed by atoms with E-state index in [4.69, 9.17) is 4.74 Å². The number of amides is 1. The summed E-state index contributed by atoms with van der Waals surface area (Å²) in [5, 5.41) is 2.59. The summed E-state index contributed by atoms with van der Waals surface area (Å²) in [7, 11) is 0. The molecule has 0 saturated heterocycles. The molecule has 108 valence electrons. The van der Waals surface area contributed by atoms with Crippen LogP contribution >= 0.6 is 0 Å². The predicted octanol–water partition coefficient (Wildman–Crippen LogP) is 1.71. The zero-order valence-electron chi connectivity index (χ0n) is 11.3. The van der Waals surface area contributed by atoms with E-state index in [1.54, 1.807) is 12.2 Å². The smallest absolute Gasteiger partial charge is 0.407 e. The minimum absolute atomic E-state index is 0.234. The van der Waals surface area contributed by atoms with Gasteiger partial charge in [0.25, 0.3) is 5.56 Å². The van der Waals surface area contributed by atoms with Crippen LogP contribution < -0.4 is 10.9 Å². The molecule has 2 N–H and O–H groups in total. The summed E-state index contributed by atoms with van der Waals surface area (Å²) in [4.78, 5) is 28.7. The highest BCUT2D eigenvalue weighted by molar-refractivity contribution is 5.67. The zero-order valence-corrected chi connectivity index (χ0v) is 11.3. The van der Waals surface area contributed by atoms with E-state index in [9.17, 15) is 9.59 Å². The number of benzene rings is 1. The minimum Gasteiger partial charge on any atom is -0.445 e. The van der Waals surface area contributed by atoms with Gasteiger partial charge in [0, 0.05) is 12.7 Å². The first kappa shape index (κ1) is 14.5. The van der Waals surface area contributed by atoms with E-state index < -0.39 is 6.09 Å². The van der Waals surface area contributed by atoms with E-state index in [1.807, 2.05) is 30.3 Å². The maximum Gasteiger partial charge on any atom is 0.407 e. The Labute approximate surface area is 121 Å².